The summed E-state index contributed by atoms with van der Waals surface area (Å²) in [6.07, 6.45) is 22.4. The van der Waals surface area contributed by atoms with Crippen molar-refractivity contribution in [3.63, 3.8) is 0 Å². The third-order valence-corrected chi connectivity index (χ3v) is 5.23. The highest BCUT2D eigenvalue weighted by Crippen LogP contribution is 2.13. The topological polar surface area (TPSA) is 43.4 Å². The molecule has 1 aromatic rings. The van der Waals surface area contributed by atoms with Crippen LogP contribution in [-0.4, -0.2) is 18.9 Å². The number of hydrogen-bond acceptors (Lipinski definition) is 3. The lowest BCUT2D eigenvalue weighted by Gasteiger charge is -2.04. The minimum atomic E-state index is -0.306. The van der Waals surface area contributed by atoms with Crippen molar-refractivity contribution in [3.05, 3.63) is 41.5 Å². The van der Waals surface area contributed by atoms with Crippen molar-refractivity contribution in [2.24, 2.45) is 0 Å². The van der Waals surface area contributed by atoms with Gasteiger partial charge in [0.15, 0.2) is 0 Å². The first kappa shape index (κ1) is 25.1. The first-order valence-corrected chi connectivity index (χ1v) is 11.7. The zero-order valence-electron chi connectivity index (χ0n) is 18.4. The van der Waals surface area contributed by atoms with E-state index >= 15 is 0 Å². The summed E-state index contributed by atoms with van der Waals surface area (Å²) in [5, 5.41) is 0. The summed E-state index contributed by atoms with van der Waals surface area (Å²) in [5.74, 6) is -0.306. The maximum Gasteiger partial charge on any atom is 0.330 e. The van der Waals surface area contributed by atoms with Gasteiger partial charge in [-0.15, -0.1) is 0 Å². The second-order valence-corrected chi connectivity index (χ2v) is 7.88. The molecule has 0 radical (unpaired) electrons. The molecule has 0 N–H and O–H groups in total. The number of unbranched alkanes of at least 4 members (excludes halogenated alkanes) is 13. The van der Waals surface area contributed by atoms with E-state index in [-0.39, 0.29) is 5.97 Å². The van der Waals surface area contributed by atoms with Crippen LogP contribution in [0.15, 0.2) is 30.3 Å². The number of benzene rings is 1. The van der Waals surface area contributed by atoms with E-state index in [1.54, 1.807) is 30.3 Å². The van der Waals surface area contributed by atoms with Gasteiger partial charge in [0.1, 0.15) is 6.29 Å². The lowest BCUT2D eigenvalue weighted by atomic mass is 10.0. The van der Waals surface area contributed by atoms with Crippen molar-refractivity contribution in [2.45, 2.75) is 96.8 Å². The fourth-order valence-corrected chi connectivity index (χ4v) is 3.37. The van der Waals surface area contributed by atoms with Crippen molar-refractivity contribution in [2.75, 3.05) is 6.61 Å². The summed E-state index contributed by atoms with van der Waals surface area (Å²) in [7, 11) is 0. The van der Waals surface area contributed by atoms with Gasteiger partial charge in [-0.25, -0.2) is 4.79 Å². The van der Waals surface area contributed by atoms with Crippen LogP contribution in [0.2, 0.25) is 0 Å². The summed E-state index contributed by atoms with van der Waals surface area (Å²) in [4.78, 5) is 22.3. The molecule has 1 rings (SSSR count). The third-order valence-electron chi connectivity index (χ3n) is 5.23. The van der Waals surface area contributed by atoms with Crippen molar-refractivity contribution < 1.29 is 14.3 Å². The first-order chi connectivity index (χ1) is 14.3. The monoisotopic (exact) mass is 400 g/mol. The van der Waals surface area contributed by atoms with Crippen molar-refractivity contribution in [1.82, 2.24) is 0 Å². The molecule has 0 fully saturated rings. The molecule has 0 heterocycles. The number of esters is 1. The number of aldehydes is 1. The van der Waals surface area contributed by atoms with Gasteiger partial charge in [0.05, 0.1) is 6.61 Å². The maximum absolute atomic E-state index is 11.7. The minimum absolute atomic E-state index is 0.306. The average Bonchev–Trinajstić information content (AvgIpc) is 2.75. The number of hydrogen-bond donors (Lipinski definition) is 0. The second-order valence-electron chi connectivity index (χ2n) is 7.88. The molecule has 0 saturated heterocycles. The highest BCUT2D eigenvalue weighted by molar-refractivity contribution is 5.87. The van der Waals surface area contributed by atoms with Crippen LogP contribution in [0.25, 0.3) is 6.08 Å². The van der Waals surface area contributed by atoms with Crippen LogP contribution in [0.4, 0.5) is 0 Å². The molecular formula is C26H40O3. The smallest absolute Gasteiger partial charge is 0.330 e. The average molecular weight is 401 g/mol. The standard InChI is InChI=1S/C26H40O3/c1-2-3-4-5-6-7-8-9-10-11-12-13-14-15-22-29-26(28)21-20-24-16-18-25(23-27)19-17-24/h16-21,23H,2-15,22H2,1H3/b21-20+. The molecule has 0 amide bonds. The SMILES string of the molecule is CCCCCCCCCCCCCCCCOC(=O)/C=C/c1ccc(C=O)cc1. The molecule has 0 bridgehead atoms. The lowest BCUT2D eigenvalue weighted by molar-refractivity contribution is -0.137. The Bertz CT molecular complexity index is 560. The van der Waals surface area contributed by atoms with Crippen LogP contribution in [0.5, 0.6) is 0 Å². The zero-order valence-corrected chi connectivity index (χ0v) is 18.4. The van der Waals surface area contributed by atoms with Gasteiger partial charge in [-0.2, -0.15) is 0 Å². The Balaban J connectivity index is 1.88. The normalized spacial score (nSPS) is 11.1. The summed E-state index contributed by atoms with van der Waals surface area (Å²) >= 11 is 0. The van der Waals surface area contributed by atoms with E-state index in [0.717, 1.165) is 24.7 Å². The van der Waals surface area contributed by atoms with Gasteiger partial charge in [0.2, 0.25) is 0 Å². The Kier molecular flexibility index (Phi) is 15.7. The van der Waals surface area contributed by atoms with Gasteiger partial charge in [-0.05, 0) is 18.1 Å². The Morgan fingerprint density at radius 1 is 0.724 bits per heavy atom. The van der Waals surface area contributed by atoms with Crippen LogP contribution >= 0.6 is 0 Å². The minimum Gasteiger partial charge on any atom is -0.463 e. The van der Waals surface area contributed by atoms with Crippen LogP contribution in [-0.2, 0) is 9.53 Å². The highest BCUT2D eigenvalue weighted by Gasteiger charge is 1.98. The number of ether oxygens (including phenoxy) is 1. The van der Waals surface area contributed by atoms with Crippen LogP contribution in [0.1, 0.15) is 113 Å². The molecular weight excluding hydrogens is 360 g/mol. The quantitative estimate of drug-likeness (QED) is 0.111. The predicted octanol–water partition coefficient (Wildman–Crippen LogP) is 7.54. The Labute approximate surface area is 177 Å². The molecule has 29 heavy (non-hydrogen) atoms. The van der Waals surface area contributed by atoms with E-state index in [4.69, 9.17) is 4.74 Å². The molecule has 0 aliphatic rings. The highest BCUT2D eigenvalue weighted by atomic mass is 16.5. The molecule has 3 heteroatoms. The van der Waals surface area contributed by atoms with Crippen molar-refractivity contribution >= 4 is 18.3 Å². The lowest BCUT2D eigenvalue weighted by Crippen LogP contribution is -2.02. The summed E-state index contributed by atoms with van der Waals surface area (Å²) in [6.45, 7) is 2.76. The molecule has 0 unspecified atom stereocenters. The largest absolute Gasteiger partial charge is 0.463 e. The fraction of sp³-hybridized carbons (Fsp3) is 0.615. The first-order valence-electron chi connectivity index (χ1n) is 11.7. The van der Waals surface area contributed by atoms with Gasteiger partial charge in [-0.1, -0.05) is 115 Å². The number of carbonyl (C=O) groups is 2. The molecule has 3 nitrogen and oxygen atoms in total. The van der Waals surface area contributed by atoms with E-state index in [0.29, 0.717) is 12.2 Å². The zero-order chi connectivity index (χ0) is 21.0. The molecule has 0 aliphatic heterocycles. The van der Waals surface area contributed by atoms with Gasteiger partial charge < -0.3 is 4.74 Å². The summed E-state index contributed by atoms with van der Waals surface area (Å²) < 4.78 is 5.23. The molecule has 1 aromatic carbocycles. The van der Waals surface area contributed by atoms with E-state index in [1.807, 2.05) is 0 Å². The van der Waals surface area contributed by atoms with Crippen LogP contribution < -0.4 is 0 Å². The number of rotatable bonds is 18. The molecule has 0 atom stereocenters. The molecule has 0 saturated carbocycles. The summed E-state index contributed by atoms with van der Waals surface area (Å²) in [5.41, 5.74) is 1.51. The Hall–Kier alpha value is -1.90. The molecule has 162 valence electrons. The fourth-order valence-electron chi connectivity index (χ4n) is 3.37. The predicted molar refractivity (Wildman–Crippen MR) is 122 cm³/mol. The van der Waals surface area contributed by atoms with E-state index in [1.165, 1.54) is 83.1 Å². The third kappa shape index (κ3) is 14.7. The molecule has 0 aliphatic carbocycles. The Morgan fingerprint density at radius 3 is 1.66 bits per heavy atom. The number of carbonyl (C=O) groups excluding carboxylic acids is 2. The summed E-state index contributed by atoms with van der Waals surface area (Å²) in [6, 6.07) is 7.07. The van der Waals surface area contributed by atoms with E-state index < -0.39 is 0 Å². The Morgan fingerprint density at radius 2 is 1.17 bits per heavy atom. The van der Waals surface area contributed by atoms with Crippen LogP contribution in [0, 0.1) is 0 Å². The van der Waals surface area contributed by atoms with E-state index in [9.17, 15) is 9.59 Å². The maximum atomic E-state index is 11.7. The van der Waals surface area contributed by atoms with E-state index in [2.05, 4.69) is 6.92 Å². The van der Waals surface area contributed by atoms with Crippen LogP contribution in [0.3, 0.4) is 0 Å². The molecule has 0 spiro atoms. The van der Waals surface area contributed by atoms with Gasteiger partial charge in [0.25, 0.3) is 0 Å². The second kappa shape index (κ2) is 18.1. The van der Waals surface area contributed by atoms with Gasteiger partial charge in [-0.3, -0.25) is 4.79 Å². The van der Waals surface area contributed by atoms with Gasteiger partial charge in [0, 0.05) is 11.6 Å². The van der Waals surface area contributed by atoms with Crippen molar-refractivity contribution in [3.8, 4) is 0 Å². The van der Waals surface area contributed by atoms with Crippen molar-refractivity contribution in [1.29, 1.82) is 0 Å². The molecule has 0 aromatic heterocycles. The van der Waals surface area contributed by atoms with Gasteiger partial charge >= 0.3 is 5.97 Å².